The van der Waals surface area contributed by atoms with Crippen LogP contribution in [-0.2, 0) is 4.79 Å². The van der Waals surface area contributed by atoms with Gasteiger partial charge in [0.05, 0.1) is 11.6 Å². The van der Waals surface area contributed by atoms with Crippen LogP contribution in [0.4, 0.5) is 0 Å². The van der Waals surface area contributed by atoms with Crippen molar-refractivity contribution in [1.82, 2.24) is 10.6 Å². The van der Waals surface area contributed by atoms with Gasteiger partial charge in [0.1, 0.15) is 0 Å². The summed E-state index contributed by atoms with van der Waals surface area (Å²) in [5, 5.41) is 16.4. The topological polar surface area (TPSA) is 61.4 Å². The quantitative estimate of drug-likeness (QED) is 0.709. The first-order chi connectivity index (χ1) is 9.02. The van der Waals surface area contributed by atoms with E-state index in [1.807, 2.05) is 6.26 Å². The van der Waals surface area contributed by atoms with Gasteiger partial charge in [-0.3, -0.25) is 4.79 Å². The Morgan fingerprint density at radius 2 is 2.21 bits per heavy atom. The van der Waals surface area contributed by atoms with E-state index < -0.39 is 5.60 Å². The average Bonchev–Trinajstić information content (AvgIpc) is 2.79. The summed E-state index contributed by atoms with van der Waals surface area (Å²) in [5.74, 6) is 1.36. The Kier molecular flexibility index (Phi) is 5.15. The van der Waals surface area contributed by atoms with Crippen LogP contribution in [0.15, 0.2) is 0 Å². The zero-order chi connectivity index (χ0) is 13.9. The van der Waals surface area contributed by atoms with Crippen molar-refractivity contribution < 1.29 is 9.90 Å². The van der Waals surface area contributed by atoms with E-state index in [1.54, 1.807) is 18.7 Å². The molecule has 0 aromatic heterocycles. The zero-order valence-electron chi connectivity index (χ0n) is 11.9. The first-order valence-electron chi connectivity index (χ1n) is 7.27. The van der Waals surface area contributed by atoms with Crippen LogP contribution in [0.2, 0.25) is 0 Å². The summed E-state index contributed by atoms with van der Waals surface area (Å²) in [5.41, 5.74) is -0.819. The second-order valence-electron chi connectivity index (χ2n) is 6.25. The van der Waals surface area contributed by atoms with Crippen LogP contribution in [0.1, 0.15) is 39.0 Å². The van der Waals surface area contributed by atoms with E-state index >= 15 is 0 Å². The number of hydrogen-bond acceptors (Lipinski definition) is 4. The van der Waals surface area contributed by atoms with Crippen molar-refractivity contribution in [3.8, 4) is 0 Å². The number of fused-ring (bicyclic) bond motifs is 1. The average molecular weight is 286 g/mol. The molecule has 2 aliphatic rings. The summed E-state index contributed by atoms with van der Waals surface area (Å²) in [4.78, 5) is 12.1. The van der Waals surface area contributed by atoms with Gasteiger partial charge in [-0.15, -0.1) is 0 Å². The van der Waals surface area contributed by atoms with Crippen molar-refractivity contribution in [3.63, 3.8) is 0 Å². The van der Waals surface area contributed by atoms with Crippen LogP contribution in [-0.4, -0.2) is 47.3 Å². The molecule has 4 nitrogen and oxygen atoms in total. The van der Waals surface area contributed by atoms with Gasteiger partial charge < -0.3 is 15.7 Å². The van der Waals surface area contributed by atoms with Crippen molar-refractivity contribution in [2.75, 3.05) is 18.6 Å². The fourth-order valence-corrected chi connectivity index (χ4v) is 4.01. The highest BCUT2D eigenvalue weighted by molar-refractivity contribution is 7.98. The standard InChI is InChI=1S/C14H26N2O2S/c1-14(18,9-19-2)8-15-13(17)12-7-10-5-3-4-6-11(10)16-12/h10-12,16,18H,3-9H2,1-2H3,(H,15,17). The molecular weight excluding hydrogens is 260 g/mol. The normalized spacial score (nSPS) is 33.5. The Morgan fingerprint density at radius 3 is 2.89 bits per heavy atom. The Balaban J connectivity index is 1.78. The lowest BCUT2D eigenvalue weighted by Gasteiger charge is -2.24. The lowest BCUT2D eigenvalue weighted by atomic mass is 9.85. The molecule has 0 aromatic carbocycles. The summed E-state index contributed by atoms with van der Waals surface area (Å²) in [6, 6.07) is 0.481. The van der Waals surface area contributed by atoms with Crippen molar-refractivity contribution >= 4 is 17.7 Å². The van der Waals surface area contributed by atoms with Crippen molar-refractivity contribution in [1.29, 1.82) is 0 Å². The molecule has 4 unspecified atom stereocenters. The summed E-state index contributed by atoms with van der Waals surface area (Å²) in [6.07, 6.45) is 7.97. The summed E-state index contributed by atoms with van der Waals surface area (Å²) in [6.45, 7) is 2.10. The molecule has 4 atom stereocenters. The molecular formula is C14H26N2O2S. The van der Waals surface area contributed by atoms with Gasteiger partial charge in [0.2, 0.25) is 5.91 Å². The van der Waals surface area contributed by atoms with Crippen LogP contribution in [0.25, 0.3) is 0 Å². The van der Waals surface area contributed by atoms with Crippen molar-refractivity contribution in [3.05, 3.63) is 0 Å². The number of nitrogens with one attached hydrogen (secondary N) is 2. The monoisotopic (exact) mass is 286 g/mol. The molecule has 2 rings (SSSR count). The third-order valence-electron chi connectivity index (χ3n) is 4.28. The van der Waals surface area contributed by atoms with E-state index in [0.717, 1.165) is 6.42 Å². The van der Waals surface area contributed by atoms with Crippen molar-refractivity contribution in [2.45, 2.75) is 56.7 Å². The van der Waals surface area contributed by atoms with Gasteiger partial charge in [-0.25, -0.2) is 0 Å². The molecule has 2 fully saturated rings. The highest BCUT2D eigenvalue weighted by Gasteiger charge is 2.38. The van der Waals surface area contributed by atoms with Crippen LogP contribution in [0.5, 0.6) is 0 Å². The molecule has 19 heavy (non-hydrogen) atoms. The lowest BCUT2D eigenvalue weighted by molar-refractivity contribution is -0.123. The molecule has 1 aliphatic heterocycles. The van der Waals surface area contributed by atoms with Crippen LogP contribution < -0.4 is 10.6 Å². The summed E-state index contributed by atoms with van der Waals surface area (Å²) in [7, 11) is 0. The highest BCUT2D eigenvalue weighted by Crippen LogP contribution is 2.33. The van der Waals surface area contributed by atoms with E-state index in [0.29, 0.717) is 24.3 Å². The van der Waals surface area contributed by atoms with E-state index in [2.05, 4.69) is 10.6 Å². The minimum absolute atomic E-state index is 0.0516. The molecule has 5 heteroatoms. The maximum atomic E-state index is 12.1. The molecule has 1 heterocycles. The number of carbonyl (C=O) groups excluding carboxylic acids is 1. The van der Waals surface area contributed by atoms with Crippen LogP contribution >= 0.6 is 11.8 Å². The minimum atomic E-state index is -0.819. The number of carbonyl (C=O) groups is 1. The van der Waals surface area contributed by atoms with Gasteiger partial charge in [-0.2, -0.15) is 11.8 Å². The smallest absolute Gasteiger partial charge is 0.237 e. The Labute approximate surface area is 120 Å². The van der Waals surface area contributed by atoms with Gasteiger partial charge in [-0.05, 0) is 38.4 Å². The molecule has 1 aliphatic carbocycles. The SMILES string of the molecule is CSCC(C)(O)CNC(=O)C1CC2CCCCC2N1. The van der Waals surface area contributed by atoms with Gasteiger partial charge in [0.25, 0.3) is 0 Å². The Hall–Kier alpha value is -0.260. The van der Waals surface area contributed by atoms with Crippen LogP contribution in [0, 0.1) is 5.92 Å². The number of hydrogen-bond donors (Lipinski definition) is 3. The maximum absolute atomic E-state index is 12.1. The molecule has 0 aromatic rings. The zero-order valence-corrected chi connectivity index (χ0v) is 12.8. The number of aliphatic hydroxyl groups is 1. The molecule has 1 amide bonds. The molecule has 0 spiro atoms. The van der Waals surface area contributed by atoms with Gasteiger partial charge in [0.15, 0.2) is 0 Å². The summed E-state index contributed by atoms with van der Waals surface area (Å²) < 4.78 is 0. The predicted molar refractivity (Wildman–Crippen MR) is 79.3 cm³/mol. The highest BCUT2D eigenvalue weighted by atomic mass is 32.2. The third-order valence-corrected chi connectivity index (χ3v) is 5.19. The lowest BCUT2D eigenvalue weighted by Crippen LogP contribution is -2.48. The molecule has 0 bridgehead atoms. The molecule has 1 saturated heterocycles. The first kappa shape index (κ1) is 15.1. The number of amides is 1. The summed E-state index contributed by atoms with van der Waals surface area (Å²) >= 11 is 1.59. The van der Waals surface area contributed by atoms with Gasteiger partial charge >= 0.3 is 0 Å². The molecule has 1 saturated carbocycles. The largest absolute Gasteiger partial charge is 0.387 e. The Morgan fingerprint density at radius 1 is 1.47 bits per heavy atom. The molecule has 0 radical (unpaired) electrons. The maximum Gasteiger partial charge on any atom is 0.237 e. The van der Waals surface area contributed by atoms with E-state index in [-0.39, 0.29) is 11.9 Å². The van der Waals surface area contributed by atoms with Gasteiger partial charge in [-0.1, -0.05) is 12.8 Å². The fourth-order valence-electron chi connectivity index (χ4n) is 3.28. The van der Waals surface area contributed by atoms with E-state index in [4.69, 9.17) is 0 Å². The van der Waals surface area contributed by atoms with Crippen LogP contribution in [0.3, 0.4) is 0 Å². The third kappa shape index (κ3) is 4.10. The molecule has 110 valence electrons. The number of thioether (sulfide) groups is 1. The van der Waals surface area contributed by atoms with E-state index in [9.17, 15) is 9.90 Å². The first-order valence-corrected chi connectivity index (χ1v) is 8.66. The molecule has 3 N–H and O–H groups in total. The van der Waals surface area contributed by atoms with Crippen molar-refractivity contribution in [2.24, 2.45) is 5.92 Å². The second kappa shape index (κ2) is 6.46. The van der Waals surface area contributed by atoms with Gasteiger partial charge in [0, 0.05) is 18.3 Å². The second-order valence-corrected chi connectivity index (χ2v) is 7.12. The predicted octanol–water partition coefficient (Wildman–Crippen LogP) is 1.14. The Bertz CT molecular complexity index is 309. The minimum Gasteiger partial charge on any atom is -0.387 e. The van der Waals surface area contributed by atoms with E-state index in [1.165, 1.54) is 25.7 Å². The number of rotatable bonds is 5. The fraction of sp³-hybridized carbons (Fsp3) is 0.929.